The normalized spacial score (nSPS) is 9.76. The van der Waals surface area contributed by atoms with Gasteiger partial charge in [-0.1, -0.05) is 12.1 Å². The van der Waals surface area contributed by atoms with Crippen LogP contribution in [0, 0.1) is 18.3 Å². The third kappa shape index (κ3) is 4.15. The Bertz CT molecular complexity index is 647. The molecule has 0 aliphatic heterocycles. The monoisotopic (exact) mass is 283 g/mol. The lowest BCUT2D eigenvalue weighted by Gasteiger charge is -2.11. The van der Waals surface area contributed by atoms with Crippen LogP contribution in [0.1, 0.15) is 11.1 Å². The van der Waals surface area contributed by atoms with E-state index in [1.165, 1.54) is 0 Å². The number of benzene rings is 2. The molecule has 0 saturated heterocycles. The zero-order valence-electron chi connectivity index (χ0n) is 12.1. The largest absolute Gasteiger partial charge is 0.497 e. The second-order valence-electron chi connectivity index (χ2n) is 4.49. The molecule has 2 rings (SSSR count). The highest BCUT2D eigenvalue weighted by atomic mass is 16.5. The van der Waals surface area contributed by atoms with Gasteiger partial charge in [-0.2, -0.15) is 5.26 Å². The molecular weight excluding hydrogens is 266 g/mol. The zero-order valence-corrected chi connectivity index (χ0v) is 12.1. The van der Waals surface area contributed by atoms with Gasteiger partial charge in [0.2, 0.25) is 0 Å². The van der Waals surface area contributed by atoms with Crippen molar-refractivity contribution < 1.29 is 14.2 Å². The van der Waals surface area contributed by atoms with Crippen LogP contribution >= 0.6 is 0 Å². The standard InChI is InChI=1S/C17H17NO3/c1-13-4-3-5-16(10-13)20-8-9-21-17-11-15(19-2)7-6-14(17)12-18/h3-7,10-11H,8-9H2,1-2H3. The number of rotatable bonds is 6. The molecule has 2 aromatic rings. The number of nitriles is 1. The average Bonchev–Trinajstić information content (AvgIpc) is 2.51. The van der Waals surface area contributed by atoms with E-state index in [1.54, 1.807) is 25.3 Å². The van der Waals surface area contributed by atoms with Gasteiger partial charge >= 0.3 is 0 Å². The Morgan fingerprint density at radius 3 is 2.52 bits per heavy atom. The molecule has 0 amide bonds. The number of hydrogen-bond donors (Lipinski definition) is 0. The molecule has 0 aliphatic carbocycles. The molecule has 0 aliphatic rings. The lowest BCUT2D eigenvalue weighted by molar-refractivity contribution is 0.216. The highest BCUT2D eigenvalue weighted by molar-refractivity contribution is 5.47. The Kier molecular flexibility index (Phi) is 5.05. The van der Waals surface area contributed by atoms with Gasteiger partial charge in [-0.3, -0.25) is 0 Å². The van der Waals surface area contributed by atoms with Gasteiger partial charge in [0.25, 0.3) is 0 Å². The maximum absolute atomic E-state index is 9.05. The molecule has 0 atom stereocenters. The zero-order chi connectivity index (χ0) is 15.1. The van der Waals surface area contributed by atoms with Gasteiger partial charge in [-0.15, -0.1) is 0 Å². The average molecular weight is 283 g/mol. The number of ether oxygens (including phenoxy) is 3. The number of nitrogens with zero attached hydrogens (tertiary/aromatic N) is 1. The van der Waals surface area contributed by atoms with Crippen molar-refractivity contribution in [3.05, 3.63) is 53.6 Å². The van der Waals surface area contributed by atoms with E-state index in [0.717, 1.165) is 11.3 Å². The summed E-state index contributed by atoms with van der Waals surface area (Å²) in [6.45, 7) is 2.78. The fourth-order valence-electron chi connectivity index (χ4n) is 1.86. The summed E-state index contributed by atoms with van der Waals surface area (Å²) in [6.07, 6.45) is 0. The van der Waals surface area contributed by atoms with Crippen LogP contribution in [-0.4, -0.2) is 20.3 Å². The molecule has 0 unspecified atom stereocenters. The predicted molar refractivity (Wildman–Crippen MR) is 79.9 cm³/mol. The SMILES string of the molecule is COc1ccc(C#N)c(OCCOc2cccc(C)c2)c1. The van der Waals surface area contributed by atoms with Crippen LogP contribution in [0.25, 0.3) is 0 Å². The van der Waals surface area contributed by atoms with Crippen LogP contribution in [0.2, 0.25) is 0 Å². The third-order valence-corrected chi connectivity index (χ3v) is 2.91. The van der Waals surface area contributed by atoms with Gasteiger partial charge in [0.1, 0.15) is 36.5 Å². The van der Waals surface area contributed by atoms with Crippen molar-refractivity contribution in [2.24, 2.45) is 0 Å². The number of methoxy groups -OCH3 is 1. The van der Waals surface area contributed by atoms with Crippen molar-refractivity contribution in [1.29, 1.82) is 5.26 Å². The number of hydrogen-bond acceptors (Lipinski definition) is 4. The summed E-state index contributed by atoms with van der Waals surface area (Å²) in [5.41, 5.74) is 1.62. The van der Waals surface area contributed by atoms with E-state index < -0.39 is 0 Å². The minimum Gasteiger partial charge on any atom is -0.497 e. The van der Waals surface area contributed by atoms with Crippen molar-refractivity contribution in [1.82, 2.24) is 0 Å². The molecule has 2 aromatic carbocycles. The molecule has 4 heteroatoms. The Labute approximate surface area is 124 Å². The minimum atomic E-state index is 0.357. The highest BCUT2D eigenvalue weighted by Gasteiger charge is 2.05. The van der Waals surface area contributed by atoms with Crippen LogP contribution in [0.5, 0.6) is 17.2 Å². The molecule has 108 valence electrons. The summed E-state index contributed by atoms with van der Waals surface area (Å²) in [4.78, 5) is 0. The Morgan fingerprint density at radius 2 is 1.81 bits per heavy atom. The van der Waals surface area contributed by atoms with Crippen molar-refractivity contribution in [2.75, 3.05) is 20.3 Å². The van der Waals surface area contributed by atoms with E-state index in [-0.39, 0.29) is 0 Å². The van der Waals surface area contributed by atoms with E-state index in [9.17, 15) is 0 Å². The van der Waals surface area contributed by atoms with E-state index in [4.69, 9.17) is 19.5 Å². The van der Waals surface area contributed by atoms with Crippen molar-refractivity contribution >= 4 is 0 Å². The van der Waals surface area contributed by atoms with E-state index in [2.05, 4.69) is 6.07 Å². The van der Waals surface area contributed by atoms with Crippen LogP contribution in [0.4, 0.5) is 0 Å². The summed E-state index contributed by atoms with van der Waals surface area (Å²) >= 11 is 0. The van der Waals surface area contributed by atoms with E-state index >= 15 is 0 Å². The quantitative estimate of drug-likeness (QED) is 0.763. The summed E-state index contributed by atoms with van der Waals surface area (Å²) < 4.78 is 16.3. The third-order valence-electron chi connectivity index (χ3n) is 2.91. The molecule has 0 radical (unpaired) electrons. The molecule has 0 fully saturated rings. The summed E-state index contributed by atoms with van der Waals surface area (Å²) in [5, 5.41) is 9.05. The van der Waals surface area contributed by atoms with Gasteiger partial charge in [-0.05, 0) is 36.8 Å². The first-order valence-electron chi connectivity index (χ1n) is 6.63. The molecule has 0 saturated carbocycles. The fourth-order valence-corrected chi connectivity index (χ4v) is 1.86. The van der Waals surface area contributed by atoms with Crippen molar-refractivity contribution in [3.8, 4) is 23.3 Å². The lowest BCUT2D eigenvalue weighted by Crippen LogP contribution is -2.09. The minimum absolute atomic E-state index is 0.357. The molecule has 0 heterocycles. The Balaban J connectivity index is 1.90. The smallest absolute Gasteiger partial charge is 0.140 e. The second kappa shape index (κ2) is 7.20. The van der Waals surface area contributed by atoms with Crippen molar-refractivity contribution in [3.63, 3.8) is 0 Å². The first kappa shape index (κ1) is 14.7. The van der Waals surface area contributed by atoms with Crippen molar-refractivity contribution in [2.45, 2.75) is 6.92 Å². The van der Waals surface area contributed by atoms with Crippen LogP contribution in [0.15, 0.2) is 42.5 Å². The topological polar surface area (TPSA) is 51.5 Å². The fraction of sp³-hybridized carbons (Fsp3) is 0.235. The lowest BCUT2D eigenvalue weighted by atomic mass is 10.2. The van der Waals surface area contributed by atoms with Gasteiger partial charge in [0.15, 0.2) is 0 Å². The maximum Gasteiger partial charge on any atom is 0.140 e. The van der Waals surface area contributed by atoms with Crippen LogP contribution < -0.4 is 14.2 Å². The number of aryl methyl sites for hydroxylation is 1. The Morgan fingerprint density at radius 1 is 1.00 bits per heavy atom. The van der Waals surface area contributed by atoms with E-state index in [0.29, 0.717) is 30.3 Å². The van der Waals surface area contributed by atoms with Gasteiger partial charge < -0.3 is 14.2 Å². The molecule has 0 N–H and O–H groups in total. The molecule has 0 spiro atoms. The first-order chi connectivity index (χ1) is 10.2. The molecule has 0 aromatic heterocycles. The first-order valence-corrected chi connectivity index (χ1v) is 6.63. The van der Waals surface area contributed by atoms with E-state index in [1.807, 2.05) is 31.2 Å². The summed E-state index contributed by atoms with van der Waals surface area (Å²) in [6, 6.07) is 15.0. The van der Waals surface area contributed by atoms with Crippen LogP contribution in [0.3, 0.4) is 0 Å². The van der Waals surface area contributed by atoms with Crippen LogP contribution in [-0.2, 0) is 0 Å². The summed E-state index contributed by atoms with van der Waals surface area (Å²) in [5.74, 6) is 1.97. The molecular formula is C17H17NO3. The van der Waals surface area contributed by atoms with Gasteiger partial charge in [0.05, 0.1) is 12.7 Å². The molecule has 0 bridgehead atoms. The highest BCUT2D eigenvalue weighted by Crippen LogP contribution is 2.24. The second-order valence-corrected chi connectivity index (χ2v) is 4.49. The molecule has 4 nitrogen and oxygen atoms in total. The molecule has 21 heavy (non-hydrogen) atoms. The van der Waals surface area contributed by atoms with Gasteiger partial charge in [-0.25, -0.2) is 0 Å². The summed E-state index contributed by atoms with van der Waals surface area (Å²) in [7, 11) is 1.58. The maximum atomic E-state index is 9.05. The Hall–Kier alpha value is -2.67. The predicted octanol–water partition coefficient (Wildman–Crippen LogP) is 3.33. The van der Waals surface area contributed by atoms with Gasteiger partial charge in [0, 0.05) is 6.07 Å².